The van der Waals surface area contributed by atoms with E-state index in [0.717, 1.165) is 37.3 Å². The summed E-state index contributed by atoms with van der Waals surface area (Å²) in [6, 6.07) is 6.28. The van der Waals surface area contributed by atoms with E-state index in [-0.39, 0.29) is 5.91 Å². The second kappa shape index (κ2) is 7.13. The number of aromatic nitrogens is 1. The molecule has 122 valence electrons. The summed E-state index contributed by atoms with van der Waals surface area (Å²) in [7, 11) is 4.01. The molecule has 0 bridgehead atoms. The first-order chi connectivity index (χ1) is 11.1. The highest BCUT2D eigenvalue weighted by molar-refractivity contribution is 7.08. The van der Waals surface area contributed by atoms with Crippen molar-refractivity contribution in [3.63, 3.8) is 0 Å². The van der Waals surface area contributed by atoms with Crippen LogP contribution < -0.4 is 4.90 Å². The van der Waals surface area contributed by atoms with Gasteiger partial charge in [-0.15, -0.1) is 0 Å². The van der Waals surface area contributed by atoms with E-state index in [0.29, 0.717) is 12.3 Å². The van der Waals surface area contributed by atoms with Crippen molar-refractivity contribution in [1.82, 2.24) is 9.88 Å². The molecule has 1 unspecified atom stereocenters. The molecule has 23 heavy (non-hydrogen) atoms. The second-order valence-corrected chi connectivity index (χ2v) is 7.11. The van der Waals surface area contributed by atoms with Gasteiger partial charge < -0.3 is 9.80 Å². The highest BCUT2D eigenvalue weighted by Gasteiger charge is 2.25. The fraction of sp³-hybridized carbons (Fsp3) is 0.444. The normalized spacial score (nSPS) is 18.0. The topological polar surface area (TPSA) is 36.4 Å². The number of pyridine rings is 1. The molecule has 0 N–H and O–H groups in total. The van der Waals surface area contributed by atoms with Crippen LogP contribution >= 0.6 is 11.3 Å². The van der Waals surface area contributed by atoms with Gasteiger partial charge in [-0.05, 0) is 52.9 Å². The first-order valence-corrected chi connectivity index (χ1v) is 9.00. The molecule has 3 rings (SSSR count). The highest BCUT2D eigenvalue weighted by atomic mass is 32.1. The molecule has 2 aromatic rings. The number of hydrogen-bond donors (Lipinski definition) is 0. The molecular weight excluding hydrogens is 306 g/mol. The summed E-state index contributed by atoms with van der Waals surface area (Å²) in [5, 5.41) is 4.09. The summed E-state index contributed by atoms with van der Waals surface area (Å²) in [6.45, 7) is 1.70. The van der Waals surface area contributed by atoms with Crippen LogP contribution in [0.25, 0.3) is 0 Å². The van der Waals surface area contributed by atoms with Crippen LogP contribution in [-0.2, 0) is 11.2 Å². The van der Waals surface area contributed by atoms with Crippen molar-refractivity contribution < 1.29 is 4.79 Å². The van der Waals surface area contributed by atoms with Gasteiger partial charge in [-0.1, -0.05) is 0 Å². The Labute approximate surface area is 141 Å². The van der Waals surface area contributed by atoms with E-state index < -0.39 is 0 Å². The summed E-state index contributed by atoms with van der Waals surface area (Å²) < 4.78 is 0. The molecule has 4 nitrogen and oxygen atoms in total. The predicted octanol–water partition coefficient (Wildman–Crippen LogP) is 3.16. The highest BCUT2D eigenvalue weighted by Crippen LogP contribution is 2.28. The van der Waals surface area contributed by atoms with Gasteiger partial charge in [-0.3, -0.25) is 4.79 Å². The maximum Gasteiger partial charge on any atom is 0.227 e. The average molecular weight is 329 g/mol. The van der Waals surface area contributed by atoms with Crippen molar-refractivity contribution in [2.75, 3.05) is 32.1 Å². The monoisotopic (exact) mass is 329 g/mol. The van der Waals surface area contributed by atoms with Crippen LogP contribution in [0, 0.1) is 0 Å². The van der Waals surface area contributed by atoms with E-state index in [9.17, 15) is 4.79 Å². The molecule has 1 saturated heterocycles. The first-order valence-electron chi connectivity index (χ1n) is 8.05. The molecule has 1 fully saturated rings. The Balaban J connectivity index is 1.68. The average Bonchev–Trinajstić information content (AvgIpc) is 3.08. The number of hydrogen-bond acceptors (Lipinski definition) is 4. The van der Waals surface area contributed by atoms with Crippen LogP contribution in [0.2, 0.25) is 0 Å². The first kappa shape index (κ1) is 16.0. The third kappa shape index (κ3) is 3.91. The van der Waals surface area contributed by atoms with Crippen LogP contribution in [0.1, 0.15) is 29.9 Å². The van der Waals surface area contributed by atoms with Gasteiger partial charge in [0.2, 0.25) is 5.91 Å². The number of carbonyl (C=O) groups excluding carboxylic acids is 1. The third-order valence-corrected chi connectivity index (χ3v) is 5.14. The van der Waals surface area contributed by atoms with Gasteiger partial charge in [-0.25, -0.2) is 4.98 Å². The van der Waals surface area contributed by atoms with E-state index >= 15 is 0 Å². The molecule has 0 aromatic carbocycles. The van der Waals surface area contributed by atoms with Gasteiger partial charge in [0.15, 0.2) is 0 Å². The lowest BCUT2D eigenvalue weighted by Crippen LogP contribution is -2.39. The molecule has 3 heterocycles. The fourth-order valence-electron chi connectivity index (χ4n) is 3.09. The Bertz CT molecular complexity index is 654. The summed E-state index contributed by atoms with van der Waals surface area (Å²) in [5.41, 5.74) is 2.41. The smallest absolute Gasteiger partial charge is 0.227 e. The summed E-state index contributed by atoms with van der Waals surface area (Å²) in [6.07, 6.45) is 4.60. The number of carbonyl (C=O) groups is 1. The lowest BCUT2D eigenvalue weighted by molar-refractivity contribution is -0.131. The molecule has 1 amide bonds. The van der Waals surface area contributed by atoms with Crippen LogP contribution in [-0.4, -0.2) is 43.0 Å². The number of likely N-dealkylation sites (tertiary alicyclic amines) is 1. The summed E-state index contributed by atoms with van der Waals surface area (Å²) >= 11 is 1.65. The minimum Gasteiger partial charge on any atom is -0.363 e. The van der Waals surface area contributed by atoms with Gasteiger partial charge in [0.25, 0.3) is 0 Å². The van der Waals surface area contributed by atoms with Crippen molar-refractivity contribution in [2.45, 2.75) is 25.2 Å². The molecule has 0 radical (unpaired) electrons. The fourth-order valence-corrected chi connectivity index (χ4v) is 3.76. The molecular formula is C18H23N3OS. The minimum atomic E-state index is 0.245. The molecule has 1 aliphatic rings. The maximum atomic E-state index is 12.5. The zero-order chi connectivity index (χ0) is 16.2. The molecule has 0 spiro atoms. The van der Waals surface area contributed by atoms with E-state index in [1.807, 2.05) is 41.5 Å². The predicted molar refractivity (Wildman–Crippen MR) is 95.1 cm³/mol. The van der Waals surface area contributed by atoms with Crippen molar-refractivity contribution in [2.24, 2.45) is 0 Å². The van der Waals surface area contributed by atoms with Crippen LogP contribution in [0.15, 0.2) is 35.2 Å². The molecule has 0 aliphatic carbocycles. The molecule has 1 atom stereocenters. The van der Waals surface area contributed by atoms with Gasteiger partial charge in [0.05, 0.1) is 6.42 Å². The Morgan fingerprint density at radius 2 is 2.30 bits per heavy atom. The zero-order valence-electron chi connectivity index (χ0n) is 13.7. The molecule has 2 aromatic heterocycles. The largest absolute Gasteiger partial charge is 0.363 e. The van der Waals surface area contributed by atoms with Gasteiger partial charge in [-0.2, -0.15) is 11.3 Å². The molecule has 1 aliphatic heterocycles. The maximum absolute atomic E-state index is 12.5. The number of thiophene rings is 1. The Morgan fingerprint density at radius 3 is 3.04 bits per heavy atom. The van der Waals surface area contributed by atoms with Crippen LogP contribution in [0.3, 0.4) is 0 Å². The summed E-state index contributed by atoms with van der Waals surface area (Å²) in [4.78, 5) is 21.0. The van der Waals surface area contributed by atoms with E-state index in [4.69, 9.17) is 0 Å². The van der Waals surface area contributed by atoms with E-state index in [1.165, 1.54) is 5.56 Å². The van der Waals surface area contributed by atoms with Crippen molar-refractivity contribution in [3.8, 4) is 0 Å². The van der Waals surface area contributed by atoms with Crippen LogP contribution in [0.4, 0.5) is 5.82 Å². The minimum absolute atomic E-state index is 0.245. The molecule has 0 saturated carbocycles. The quantitative estimate of drug-likeness (QED) is 0.864. The lowest BCUT2D eigenvalue weighted by atomic mass is 9.91. The number of piperidine rings is 1. The van der Waals surface area contributed by atoms with Crippen LogP contribution in [0.5, 0.6) is 0 Å². The summed E-state index contributed by atoms with van der Waals surface area (Å²) in [5.74, 6) is 1.64. The number of anilines is 1. The van der Waals surface area contributed by atoms with E-state index in [2.05, 4.69) is 22.5 Å². The SMILES string of the molecule is CN(C)c1cc(C2CCCN(C(=O)Cc3ccsc3)C2)ccn1. The molecule has 5 heteroatoms. The number of nitrogens with zero attached hydrogens (tertiary/aromatic N) is 3. The van der Waals surface area contributed by atoms with Crippen molar-refractivity contribution in [1.29, 1.82) is 0 Å². The van der Waals surface area contributed by atoms with Gasteiger partial charge in [0, 0.05) is 39.3 Å². The zero-order valence-corrected chi connectivity index (χ0v) is 14.6. The number of rotatable bonds is 4. The standard InChI is InChI=1S/C18H23N3OS/c1-20(2)17-11-15(5-7-19-17)16-4-3-8-21(12-16)18(22)10-14-6-9-23-13-14/h5-7,9,11,13,16H,3-4,8,10,12H2,1-2H3. The Morgan fingerprint density at radius 1 is 1.43 bits per heavy atom. The van der Waals surface area contributed by atoms with E-state index in [1.54, 1.807) is 11.3 Å². The van der Waals surface area contributed by atoms with Crippen molar-refractivity contribution in [3.05, 3.63) is 46.3 Å². The lowest BCUT2D eigenvalue weighted by Gasteiger charge is -2.33. The van der Waals surface area contributed by atoms with Crippen molar-refractivity contribution >= 4 is 23.1 Å². The van der Waals surface area contributed by atoms with Gasteiger partial charge in [0.1, 0.15) is 5.82 Å². The Hall–Kier alpha value is -1.88. The number of amides is 1. The Kier molecular flexibility index (Phi) is 4.96. The third-order valence-electron chi connectivity index (χ3n) is 4.41. The van der Waals surface area contributed by atoms with Gasteiger partial charge >= 0.3 is 0 Å². The second-order valence-electron chi connectivity index (χ2n) is 6.33.